The van der Waals surface area contributed by atoms with Crippen LogP contribution in [-0.4, -0.2) is 24.9 Å². The van der Waals surface area contributed by atoms with Crippen LogP contribution in [0.1, 0.15) is 37.7 Å². The van der Waals surface area contributed by atoms with Gasteiger partial charge in [0.05, 0.1) is 0 Å². The molecule has 0 aromatic heterocycles. The molecule has 3 rings (SSSR count). The van der Waals surface area contributed by atoms with Gasteiger partial charge in [0.2, 0.25) is 11.8 Å². The minimum absolute atomic E-state index is 0.156. The molecule has 4 heteroatoms. The zero-order chi connectivity index (χ0) is 15.5. The molecule has 22 heavy (non-hydrogen) atoms. The molecule has 2 fully saturated rings. The van der Waals surface area contributed by atoms with Crippen LogP contribution >= 0.6 is 0 Å². The maximum absolute atomic E-state index is 12.2. The molecular formula is C18H24N2O2. The smallest absolute Gasteiger partial charge is 0.227 e. The Bertz CT molecular complexity index is 547. The first-order valence-corrected chi connectivity index (χ1v) is 8.28. The van der Waals surface area contributed by atoms with E-state index in [1.807, 2.05) is 36.1 Å². The third kappa shape index (κ3) is 3.32. The second-order valence-corrected chi connectivity index (χ2v) is 6.64. The molecule has 1 saturated carbocycles. The molecular weight excluding hydrogens is 276 g/mol. The molecule has 4 nitrogen and oxygen atoms in total. The topological polar surface area (TPSA) is 49.4 Å². The Morgan fingerprint density at radius 1 is 1.23 bits per heavy atom. The van der Waals surface area contributed by atoms with Gasteiger partial charge in [0.25, 0.3) is 0 Å². The monoisotopic (exact) mass is 300 g/mol. The van der Waals surface area contributed by atoms with Crippen molar-refractivity contribution in [1.82, 2.24) is 5.32 Å². The summed E-state index contributed by atoms with van der Waals surface area (Å²) in [5.74, 6) is 0.757. The Morgan fingerprint density at radius 2 is 1.91 bits per heavy atom. The summed E-state index contributed by atoms with van der Waals surface area (Å²) in [4.78, 5) is 26.1. The van der Waals surface area contributed by atoms with Crippen LogP contribution in [0.5, 0.6) is 0 Å². The summed E-state index contributed by atoms with van der Waals surface area (Å²) in [5.41, 5.74) is 2.15. The van der Waals surface area contributed by atoms with Gasteiger partial charge < -0.3 is 10.2 Å². The van der Waals surface area contributed by atoms with Gasteiger partial charge in [-0.1, -0.05) is 30.5 Å². The summed E-state index contributed by atoms with van der Waals surface area (Å²) in [6.07, 6.45) is 4.90. The highest BCUT2D eigenvalue weighted by Gasteiger charge is 2.31. The minimum Gasteiger partial charge on any atom is -0.356 e. The SMILES string of the molecule is Cc1ccc(N2C[C@H](CNC(=O)C3CCCC3)CC2=O)cc1. The highest BCUT2D eigenvalue weighted by molar-refractivity contribution is 5.95. The molecule has 1 aromatic carbocycles. The summed E-state index contributed by atoms with van der Waals surface area (Å²) in [6.45, 7) is 3.35. The number of hydrogen-bond acceptors (Lipinski definition) is 2. The molecule has 0 radical (unpaired) electrons. The fourth-order valence-electron chi connectivity index (χ4n) is 3.47. The number of benzene rings is 1. The zero-order valence-electron chi connectivity index (χ0n) is 13.2. The minimum atomic E-state index is 0.156. The summed E-state index contributed by atoms with van der Waals surface area (Å²) >= 11 is 0. The van der Waals surface area contributed by atoms with E-state index in [4.69, 9.17) is 0 Å². The van der Waals surface area contributed by atoms with Gasteiger partial charge in [0, 0.05) is 37.0 Å². The van der Waals surface area contributed by atoms with Gasteiger partial charge in [0.15, 0.2) is 0 Å². The molecule has 1 aromatic rings. The first-order valence-electron chi connectivity index (χ1n) is 8.28. The van der Waals surface area contributed by atoms with E-state index in [-0.39, 0.29) is 23.7 Å². The Hall–Kier alpha value is -1.84. The summed E-state index contributed by atoms with van der Waals surface area (Å²) in [6, 6.07) is 8.04. The number of amides is 2. The molecule has 0 bridgehead atoms. The number of rotatable bonds is 4. The number of nitrogens with zero attached hydrogens (tertiary/aromatic N) is 1. The molecule has 0 spiro atoms. The Morgan fingerprint density at radius 3 is 2.59 bits per heavy atom. The van der Waals surface area contributed by atoms with Crippen molar-refractivity contribution >= 4 is 17.5 Å². The fraction of sp³-hybridized carbons (Fsp3) is 0.556. The van der Waals surface area contributed by atoms with Crippen molar-refractivity contribution in [3.8, 4) is 0 Å². The summed E-state index contributed by atoms with van der Waals surface area (Å²) in [5, 5.41) is 3.05. The van der Waals surface area contributed by atoms with Crippen LogP contribution in [0.25, 0.3) is 0 Å². The number of hydrogen-bond donors (Lipinski definition) is 1. The van der Waals surface area contributed by atoms with E-state index in [9.17, 15) is 9.59 Å². The lowest BCUT2D eigenvalue weighted by Crippen LogP contribution is -2.34. The van der Waals surface area contributed by atoms with Gasteiger partial charge in [0.1, 0.15) is 0 Å². The van der Waals surface area contributed by atoms with Crippen molar-refractivity contribution in [2.45, 2.75) is 39.0 Å². The molecule has 1 saturated heterocycles. The van der Waals surface area contributed by atoms with E-state index in [0.29, 0.717) is 19.5 Å². The van der Waals surface area contributed by atoms with Crippen molar-refractivity contribution in [3.63, 3.8) is 0 Å². The third-order valence-electron chi connectivity index (χ3n) is 4.84. The lowest BCUT2D eigenvalue weighted by atomic mass is 10.1. The summed E-state index contributed by atoms with van der Waals surface area (Å²) < 4.78 is 0. The molecule has 2 aliphatic rings. The van der Waals surface area contributed by atoms with Gasteiger partial charge in [-0.15, -0.1) is 0 Å². The van der Waals surface area contributed by atoms with Crippen LogP contribution in [0.2, 0.25) is 0 Å². The van der Waals surface area contributed by atoms with Gasteiger partial charge >= 0.3 is 0 Å². The Kier molecular flexibility index (Phi) is 4.46. The van der Waals surface area contributed by atoms with Crippen LogP contribution in [-0.2, 0) is 9.59 Å². The average molecular weight is 300 g/mol. The fourth-order valence-corrected chi connectivity index (χ4v) is 3.47. The standard InChI is InChI=1S/C18H24N2O2/c1-13-6-8-16(9-7-13)20-12-14(10-17(20)21)11-19-18(22)15-4-2-3-5-15/h6-9,14-15H,2-5,10-12H2,1H3,(H,19,22)/t14-/m0/s1. The van der Waals surface area contributed by atoms with Crippen molar-refractivity contribution in [2.75, 3.05) is 18.0 Å². The van der Waals surface area contributed by atoms with E-state index in [0.717, 1.165) is 18.5 Å². The first kappa shape index (κ1) is 15.1. The van der Waals surface area contributed by atoms with E-state index in [1.165, 1.54) is 18.4 Å². The van der Waals surface area contributed by atoms with Crippen LogP contribution in [0.3, 0.4) is 0 Å². The van der Waals surface area contributed by atoms with Crippen LogP contribution < -0.4 is 10.2 Å². The van der Waals surface area contributed by atoms with E-state index >= 15 is 0 Å². The highest BCUT2D eigenvalue weighted by atomic mass is 16.2. The number of nitrogens with one attached hydrogen (secondary N) is 1. The number of carbonyl (C=O) groups is 2. The first-order chi connectivity index (χ1) is 10.6. The van der Waals surface area contributed by atoms with Crippen LogP contribution in [0.15, 0.2) is 24.3 Å². The van der Waals surface area contributed by atoms with Crippen LogP contribution in [0, 0.1) is 18.8 Å². The van der Waals surface area contributed by atoms with Gasteiger partial charge in [-0.3, -0.25) is 9.59 Å². The van der Waals surface area contributed by atoms with E-state index < -0.39 is 0 Å². The number of aryl methyl sites for hydroxylation is 1. The predicted molar refractivity (Wildman–Crippen MR) is 86.6 cm³/mol. The summed E-state index contributed by atoms with van der Waals surface area (Å²) in [7, 11) is 0. The number of carbonyl (C=O) groups excluding carboxylic acids is 2. The second-order valence-electron chi connectivity index (χ2n) is 6.64. The quantitative estimate of drug-likeness (QED) is 0.929. The van der Waals surface area contributed by atoms with Crippen molar-refractivity contribution in [1.29, 1.82) is 0 Å². The van der Waals surface area contributed by atoms with Crippen LogP contribution in [0.4, 0.5) is 5.69 Å². The molecule has 1 aliphatic heterocycles. The molecule has 1 N–H and O–H groups in total. The largest absolute Gasteiger partial charge is 0.356 e. The van der Waals surface area contributed by atoms with Crippen molar-refractivity contribution in [2.24, 2.45) is 11.8 Å². The van der Waals surface area contributed by atoms with Crippen molar-refractivity contribution < 1.29 is 9.59 Å². The highest BCUT2D eigenvalue weighted by Crippen LogP contribution is 2.26. The molecule has 0 unspecified atom stereocenters. The lowest BCUT2D eigenvalue weighted by molar-refractivity contribution is -0.125. The molecule has 1 aliphatic carbocycles. The van der Waals surface area contributed by atoms with E-state index in [1.54, 1.807) is 0 Å². The lowest BCUT2D eigenvalue weighted by Gasteiger charge is -2.17. The van der Waals surface area contributed by atoms with Crippen molar-refractivity contribution in [3.05, 3.63) is 29.8 Å². The van der Waals surface area contributed by atoms with Gasteiger partial charge in [-0.2, -0.15) is 0 Å². The third-order valence-corrected chi connectivity index (χ3v) is 4.84. The normalized spacial score (nSPS) is 22.3. The van der Waals surface area contributed by atoms with Gasteiger partial charge in [-0.25, -0.2) is 0 Å². The maximum atomic E-state index is 12.2. The molecule has 118 valence electrons. The second kappa shape index (κ2) is 6.51. The zero-order valence-corrected chi connectivity index (χ0v) is 13.2. The predicted octanol–water partition coefficient (Wildman–Crippen LogP) is 2.65. The number of anilines is 1. The Labute approximate surface area is 131 Å². The maximum Gasteiger partial charge on any atom is 0.227 e. The average Bonchev–Trinajstić information content (AvgIpc) is 3.15. The van der Waals surface area contributed by atoms with Gasteiger partial charge in [-0.05, 0) is 31.9 Å². The molecule has 1 atom stereocenters. The Balaban J connectivity index is 1.53. The van der Waals surface area contributed by atoms with E-state index in [2.05, 4.69) is 5.32 Å². The molecule has 1 heterocycles. The molecule has 2 amide bonds.